The number of benzene rings is 1. The summed E-state index contributed by atoms with van der Waals surface area (Å²) in [6.45, 7) is 3.92. The second-order valence-corrected chi connectivity index (χ2v) is 5.09. The molecule has 2 atom stereocenters. The smallest absolute Gasteiger partial charge is 0.244 e. The van der Waals surface area contributed by atoms with Gasteiger partial charge in [-0.15, -0.1) is 0 Å². The topological polar surface area (TPSA) is 46.3 Å². The lowest BCUT2D eigenvalue weighted by Crippen LogP contribution is -2.44. The fourth-order valence-electron chi connectivity index (χ4n) is 2.60. The van der Waals surface area contributed by atoms with Crippen molar-refractivity contribution in [1.29, 1.82) is 0 Å². The molecule has 0 radical (unpaired) electrons. The third-order valence-corrected chi connectivity index (χ3v) is 3.83. The molecule has 1 aromatic carbocycles. The van der Waals surface area contributed by atoms with Crippen LogP contribution in [0.15, 0.2) is 30.3 Å². The molecular weight excluding hydrogens is 224 g/mol. The Morgan fingerprint density at radius 1 is 1.44 bits per heavy atom. The molecular formula is C15H22N2O. The number of amides is 1. The number of carbonyl (C=O) groups excluding carboxylic acids is 1. The number of nitrogens with two attached hydrogens (primary N) is 1. The summed E-state index contributed by atoms with van der Waals surface area (Å²) in [5, 5.41) is 0. The van der Waals surface area contributed by atoms with Gasteiger partial charge in [-0.1, -0.05) is 43.7 Å². The Labute approximate surface area is 109 Å². The third kappa shape index (κ3) is 2.91. The van der Waals surface area contributed by atoms with Crippen LogP contribution >= 0.6 is 0 Å². The van der Waals surface area contributed by atoms with Gasteiger partial charge in [0.15, 0.2) is 0 Å². The molecule has 3 nitrogen and oxygen atoms in total. The monoisotopic (exact) mass is 246 g/mol. The van der Waals surface area contributed by atoms with E-state index in [1.165, 1.54) is 6.42 Å². The second kappa shape index (κ2) is 6.01. The number of hydrogen-bond acceptors (Lipinski definition) is 2. The lowest BCUT2D eigenvalue weighted by molar-refractivity contribution is -0.134. The third-order valence-electron chi connectivity index (χ3n) is 3.83. The molecule has 1 amide bonds. The van der Waals surface area contributed by atoms with Gasteiger partial charge in [0.2, 0.25) is 5.91 Å². The van der Waals surface area contributed by atoms with Crippen molar-refractivity contribution in [3.63, 3.8) is 0 Å². The maximum atomic E-state index is 12.4. The maximum Gasteiger partial charge on any atom is 0.244 e. The molecule has 0 aliphatic carbocycles. The van der Waals surface area contributed by atoms with Crippen molar-refractivity contribution in [3.8, 4) is 0 Å². The van der Waals surface area contributed by atoms with E-state index in [1.54, 1.807) is 0 Å². The van der Waals surface area contributed by atoms with Crippen LogP contribution in [0.2, 0.25) is 0 Å². The predicted octanol–water partition coefficient (Wildman–Crippen LogP) is 2.34. The number of likely N-dealkylation sites (tertiary alicyclic amines) is 1. The number of hydrogen-bond donors (Lipinski definition) is 1. The average Bonchev–Trinajstić information content (AvgIpc) is 2.46. The summed E-state index contributed by atoms with van der Waals surface area (Å²) in [4.78, 5) is 14.3. The SMILES string of the molecule is CCC1CCCN(C(=O)C(N)c2ccccc2)C1. The Balaban J connectivity index is 2.02. The zero-order valence-corrected chi connectivity index (χ0v) is 11.0. The Hall–Kier alpha value is -1.35. The van der Waals surface area contributed by atoms with Crippen LogP contribution in [0.4, 0.5) is 0 Å². The minimum atomic E-state index is -0.512. The Kier molecular flexibility index (Phi) is 4.37. The van der Waals surface area contributed by atoms with Gasteiger partial charge >= 0.3 is 0 Å². The van der Waals surface area contributed by atoms with E-state index in [-0.39, 0.29) is 5.91 Å². The number of piperidine rings is 1. The summed E-state index contributed by atoms with van der Waals surface area (Å²) in [5.74, 6) is 0.713. The van der Waals surface area contributed by atoms with Gasteiger partial charge in [-0.25, -0.2) is 0 Å². The summed E-state index contributed by atoms with van der Waals surface area (Å²) in [6, 6.07) is 9.12. The van der Waals surface area contributed by atoms with E-state index in [4.69, 9.17) is 5.73 Å². The molecule has 2 N–H and O–H groups in total. The molecule has 18 heavy (non-hydrogen) atoms. The Morgan fingerprint density at radius 3 is 2.83 bits per heavy atom. The summed E-state index contributed by atoms with van der Waals surface area (Å²) in [7, 11) is 0. The van der Waals surface area contributed by atoms with Gasteiger partial charge in [-0.05, 0) is 24.3 Å². The van der Waals surface area contributed by atoms with Crippen molar-refractivity contribution in [2.24, 2.45) is 11.7 Å². The van der Waals surface area contributed by atoms with Gasteiger partial charge in [-0.2, -0.15) is 0 Å². The van der Waals surface area contributed by atoms with Crippen LogP contribution in [0, 0.1) is 5.92 Å². The molecule has 3 heteroatoms. The van der Waals surface area contributed by atoms with Crippen LogP contribution in [-0.4, -0.2) is 23.9 Å². The second-order valence-electron chi connectivity index (χ2n) is 5.09. The van der Waals surface area contributed by atoms with Gasteiger partial charge in [0.05, 0.1) is 0 Å². The normalized spacial score (nSPS) is 21.7. The van der Waals surface area contributed by atoms with Crippen molar-refractivity contribution in [3.05, 3.63) is 35.9 Å². The molecule has 0 bridgehead atoms. The van der Waals surface area contributed by atoms with E-state index in [9.17, 15) is 4.79 Å². The first-order valence-electron chi connectivity index (χ1n) is 6.81. The highest BCUT2D eigenvalue weighted by molar-refractivity contribution is 5.83. The fraction of sp³-hybridized carbons (Fsp3) is 0.533. The van der Waals surface area contributed by atoms with Gasteiger partial charge in [-0.3, -0.25) is 4.79 Å². The highest BCUT2D eigenvalue weighted by atomic mass is 16.2. The minimum Gasteiger partial charge on any atom is -0.341 e. The zero-order chi connectivity index (χ0) is 13.0. The quantitative estimate of drug-likeness (QED) is 0.889. The van der Waals surface area contributed by atoms with Crippen LogP contribution in [0.1, 0.15) is 37.8 Å². The summed E-state index contributed by atoms with van der Waals surface area (Å²) >= 11 is 0. The van der Waals surface area contributed by atoms with Crippen molar-refractivity contribution in [1.82, 2.24) is 4.90 Å². The largest absolute Gasteiger partial charge is 0.341 e. The first-order chi connectivity index (χ1) is 8.72. The van der Waals surface area contributed by atoms with E-state index in [2.05, 4.69) is 6.92 Å². The van der Waals surface area contributed by atoms with Gasteiger partial charge in [0, 0.05) is 13.1 Å². The molecule has 1 saturated heterocycles. The van der Waals surface area contributed by atoms with Crippen molar-refractivity contribution in [2.75, 3.05) is 13.1 Å². The molecule has 1 aromatic rings. The number of rotatable bonds is 3. The summed E-state index contributed by atoms with van der Waals surface area (Å²) in [6.07, 6.45) is 3.48. The first kappa shape index (κ1) is 13.1. The first-order valence-corrected chi connectivity index (χ1v) is 6.81. The molecule has 1 aliphatic heterocycles. The van der Waals surface area contributed by atoms with E-state index >= 15 is 0 Å². The molecule has 0 saturated carbocycles. The van der Waals surface area contributed by atoms with E-state index in [1.807, 2.05) is 35.2 Å². The lowest BCUT2D eigenvalue weighted by Gasteiger charge is -2.34. The van der Waals surface area contributed by atoms with Crippen LogP contribution in [0.25, 0.3) is 0 Å². The van der Waals surface area contributed by atoms with Crippen molar-refractivity contribution >= 4 is 5.91 Å². The molecule has 2 rings (SSSR count). The highest BCUT2D eigenvalue weighted by Crippen LogP contribution is 2.22. The highest BCUT2D eigenvalue weighted by Gasteiger charge is 2.26. The predicted molar refractivity (Wildman–Crippen MR) is 73.0 cm³/mol. The average molecular weight is 246 g/mol. The molecule has 0 spiro atoms. The molecule has 2 unspecified atom stereocenters. The Bertz CT molecular complexity index is 391. The van der Waals surface area contributed by atoms with Crippen molar-refractivity contribution < 1.29 is 4.79 Å². The molecule has 1 fully saturated rings. The number of carbonyl (C=O) groups is 1. The number of nitrogens with zero attached hydrogens (tertiary/aromatic N) is 1. The van der Waals surface area contributed by atoms with E-state index in [0.29, 0.717) is 5.92 Å². The van der Waals surface area contributed by atoms with Crippen LogP contribution in [0.5, 0.6) is 0 Å². The van der Waals surface area contributed by atoms with E-state index in [0.717, 1.165) is 31.5 Å². The zero-order valence-electron chi connectivity index (χ0n) is 11.0. The van der Waals surface area contributed by atoms with Crippen LogP contribution < -0.4 is 5.73 Å². The Morgan fingerprint density at radius 2 is 2.17 bits per heavy atom. The van der Waals surface area contributed by atoms with Gasteiger partial charge < -0.3 is 10.6 Å². The summed E-state index contributed by atoms with van der Waals surface area (Å²) in [5.41, 5.74) is 6.97. The van der Waals surface area contributed by atoms with Crippen molar-refractivity contribution in [2.45, 2.75) is 32.2 Å². The van der Waals surface area contributed by atoms with Crippen LogP contribution in [0.3, 0.4) is 0 Å². The summed E-state index contributed by atoms with van der Waals surface area (Å²) < 4.78 is 0. The maximum absolute atomic E-state index is 12.4. The van der Waals surface area contributed by atoms with Crippen LogP contribution in [-0.2, 0) is 4.79 Å². The van der Waals surface area contributed by atoms with Gasteiger partial charge in [0.1, 0.15) is 6.04 Å². The molecule has 1 aliphatic rings. The lowest BCUT2D eigenvalue weighted by atomic mass is 9.94. The van der Waals surface area contributed by atoms with Gasteiger partial charge in [0.25, 0.3) is 0 Å². The molecule has 0 aromatic heterocycles. The standard InChI is InChI=1S/C15H22N2O/c1-2-12-7-6-10-17(11-12)15(18)14(16)13-8-4-3-5-9-13/h3-5,8-9,12,14H,2,6-7,10-11,16H2,1H3. The van der Waals surface area contributed by atoms with E-state index < -0.39 is 6.04 Å². The minimum absolute atomic E-state index is 0.0688. The molecule has 1 heterocycles. The fourth-order valence-corrected chi connectivity index (χ4v) is 2.60. The molecule has 98 valence electrons.